The van der Waals surface area contributed by atoms with Gasteiger partial charge in [0, 0.05) is 43.0 Å². The minimum Gasteiger partial charge on any atom is -0.484 e. The van der Waals surface area contributed by atoms with Crippen molar-refractivity contribution in [2.24, 2.45) is 0 Å². The lowest BCUT2D eigenvalue weighted by atomic mass is 10.2. The molecule has 1 fully saturated rings. The summed E-state index contributed by atoms with van der Waals surface area (Å²) in [6.07, 6.45) is 1.97. The van der Waals surface area contributed by atoms with E-state index in [2.05, 4.69) is 28.1 Å². The number of aromatic nitrogens is 4. The van der Waals surface area contributed by atoms with Crippen LogP contribution in [-0.2, 0) is 11.2 Å². The van der Waals surface area contributed by atoms with E-state index in [0.717, 1.165) is 30.2 Å². The summed E-state index contributed by atoms with van der Waals surface area (Å²) in [6.45, 7) is 6.81. The predicted octanol–water partition coefficient (Wildman–Crippen LogP) is 2.77. The number of amides is 1. The molecule has 1 aromatic carbocycles. The van der Waals surface area contributed by atoms with E-state index in [0.29, 0.717) is 42.7 Å². The van der Waals surface area contributed by atoms with Crippen molar-refractivity contribution in [3.05, 3.63) is 46.9 Å². The topological polar surface area (TPSA) is 75.9 Å². The highest BCUT2D eigenvalue weighted by atomic mass is 35.5. The third-order valence-corrected chi connectivity index (χ3v) is 5.50. The summed E-state index contributed by atoms with van der Waals surface area (Å²) in [7, 11) is 0. The largest absolute Gasteiger partial charge is 0.484 e. The van der Waals surface area contributed by atoms with E-state index in [-0.39, 0.29) is 12.5 Å². The van der Waals surface area contributed by atoms with Crippen molar-refractivity contribution in [1.82, 2.24) is 24.5 Å². The van der Waals surface area contributed by atoms with Gasteiger partial charge in [0.25, 0.3) is 11.7 Å². The van der Waals surface area contributed by atoms with Crippen LogP contribution in [0, 0.1) is 6.92 Å². The summed E-state index contributed by atoms with van der Waals surface area (Å²) in [5.74, 6) is 2.98. The van der Waals surface area contributed by atoms with E-state index < -0.39 is 0 Å². The molecule has 0 aliphatic carbocycles. The molecule has 0 bridgehead atoms. The summed E-state index contributed by atoms with van der Waals surface area (Å²) >= 11 is 5.87. The third kappa shape index (κ3) is 4.33. The standard InChI is InChI=1S/C21H25ClN6O2/c1-3-4-17-13-19(23-21-25-24-15(2)28(17)21)26-9-11-27(12-10-26)20(29)14-30-18-7-5-16(22)6-8-18/h5-8,13H,3-4,9-12,14H2,1-2H3. The van der Waals surface area contributed by atoms with Crippen molar-refractivity contribution >= 4 is 29.1 Å². The molecule has 3 aromatic rings. The van der Waals surface area contributed by atoms with Crippen LogP contribution in [0.25, 0.3) is 5.78 Å². The summed E-state index contributed by atoms with van der Waals surface area (Å²) in [4.78, 5) is 21.2. The minimum absolute atomic E-state index is 0.0194. The molecule has 1 aliphatic rings. The number of benzene rings is 1. The fourth-order valence-corrected chi connectivity index (χ4v) is 3.79. The lowest BCUT2D eigenvalue weighted by Crippen LogP contribution is -2.50. The zero-order chi connectivity index (χ0) is 21.1. The van der Waals surface area contributed by atoms with Gasteiger partial charge in [0.2, 0.25) is 0 Å². The number of hydrogen-bond acceptors (Lipinski definition) is 6. The van der Waals surface area contributed by atoms with Crippen LogP contribution in [0.4, 0.5) is 5.82 Å². The Kier molecular flexibility index (Phi) is 6.03. The lowest BCUT2D eigenvalue weighted by molar-refractivity contribution is -0.133. The number of rotatable bonds is 6. The molecule has 1 aliphatic heterocycles. The van der Waals surface area contributed by atoms with Gasteiger partial charge in [-0.2, -0.15) is 4.98 Å². The first-order chi connectivity index (χ1) is 14.5. The zero-order valence-corrected chi connectivity index (χ0v) is 18.0. The SMILES string of the molecule is CCCc1cc(N2CCN(C(=O)COc3ccc(Cl)cc3)CC2)nc2nnc(C)n12. The Balaban J connectivity index is 1.38. The number of carbonyl (C=O) groups is 1. The number of aryl methyl sites for hydroxylation is 2. The number of carbonyl (C=O) groups excluding carboxylic acids is 1. The maximum absolute atomic E-state index is 12.5. The molecule has 30 heavy (non-hydrogen) atoms. The summed E-state index contributed by atoms with van der Waals surface area (Å²) in [5, 5.41) is 9.01. The second-order valence-electron chi connectivity index (χ2n) is 7.35. The molecule has 0 unspecified atom stereocenters. The number of fused-ring (bicyclic) bond motifs is 1. The second kappa shape index (κ2) is 8.87. The Morgan fingerprint density at radius 3 is 2.57 bits per heavy atom. The Hall–Kier alpha value is -2.87. The van der Waals surface area contributed by atoms with Gasteiger partial charge in [0.15, 0.2) is 6.61 Å². The molecule has 1 amide bonds. The zero-order valence-electron chi connectivity index (χ0n) is 17.2. The van der Waals surface area contributed by atoms with Crippen molar-refractivity contribution in [3.63, 3.8) is 0 Å². The number of piperazine rings is 1. The number of halogens is 1. The molecule has 158 valence electrons. The van der Waals surface area contributed by atoms with E-state index in [4.69, 9.17) is 21.3 Å². The normalized spacial score (nSPS) is 14.4. The predicted molar refractivity (Wildman–Crippen MR) is 115 cm³/mol. The van der Waals surface area contributed by atoms with Gasteiger partial charge >= 0.3 is 0 Å². The minimum atomic E-state index is -0.0206. The summed E-state index contributed by atoms with van der Waals surface area (Å²) in [5.41, 5.74) is 1.16. The number of anilines is 1. The molecular formula is C21H25ClN6O2. The average molecular weight is 429 g/mol. The fraction of sp³-hybridized carbons (Fsp3) is 0.429. The Bertz CT molecular complexity index is 1030. The first-order valence-corrected chi connectivity index (χ1v) is 10.6. The Morgan fingerprint density at radius 1 is 1.13 bits per heavy atom. The van der Waals surface area contributed by atoms with Crippen LogP contribution in [0.1, 0.15) is 24.9 Å². The van der Waals surface area contributed by atoms with Crippen LogP contribution >= 0.6 is 11.6 Å². The first-order valence-electron chi connectivity index (χ1n) is 10.2. The van der Waals surface area contributed by atoms with Gasteiger partial charge in [-0.15, -0.1) is 10.2 Å². The molecule has 4 rings (SSSR count). The smallest absolute Gasteiger partial charge is 0.260 e. The third-order valence-electron chi connectivity index (χ3n) is 5.24. The van der Waals surface area contributed by atoms with Crippen LogP contribution in [-0.4, -0.2) is 63.2 Å². The van der Waals surface area contributed by atoms with Crippen LogP contribution in [0.3, 0.4) is 0 Å². The molecule has 9 heteroatoms. The van der Waals surface area contributed by atoms with Gasteiger partial charge in [-0.25, -0.2) is 0 Å². The molecule has 3 heterocycles. The van der Waals surface area contributed by atoms with Crippen molar-refractivity contribution in [2.45, 2.75) is 26.7 Å². The maximum atomic E-state index is 12.5. The van der Waals surface area contributed by atoms with Crippen LogP contribution in [0.2, 0.25) is 5.02 Å². The van der Waals surface area contributed by atoms with Crippen molar-refractivity contribution in [2.75, 3.05) is 37.7 Å². The summed E-state index contributed by atoms with van der Waals surface area (Å²) < 4.78 is 7.60. The molecule has 1 saturated heterocycles. The molecule has 0 atom stereocenters. The van der Waals surface area contributed by atoms with Crippen LogP contribution in [0.15, 0.2) is 30.3 Å². The molecule has 0 spiro atoms. The van der Waals surface area contributed by atoms with Gasteiger partial charge in [0.05, 0.1) is 0 Å². The van der Waals surface area contributed by atoms with Crippen molar-refractivity contribution < 1.29 is 9.53 Å². The lowest BCUT2D eigenvalue weighted by Gasteiger charge is -2.35. The monoisotopic (exact) mass is 428 g/mol. The fourth-order valence-electron chi connectivity index (χ4n) is 3.66. The maximum Gasteiger partial charge on any atom is 0.260 e. The van der Waals surface area contributed by atoms with E-state index in [1.165, 1.54) is 0 Å². The van der Waals surface area contributed by atoms with Gasteiger partial charge in [-0.3, -0.25) is 9.20 Å². The molecule has 0 N–H and O–H groups in total. The highest BCUT2D eigenvalue weighted by Gasteiger charge is 2.23. The first kappa shape index (κ1) is 20.4. The average Bonchev–Trinajstić information content (AvgIpc) is 3.14. The quantitative estimate of drug-likeness (QED) is 0.601. The van der Waals surface area contributed by atoms with Gasteiger partial charge in [-0.1, -0.05) is 24.9 Å². The molecule has 2 aromatic heterocycles. The number of hydrogen-bond donors (Lipinski definition) is 0. The Morgan fingerprint density at radius 2 is 1.87 bits per heavy atom. The molecule has 8 nitrogen and oxygen atoms in total. The number of ether oxygens (including phenoxy) is 1. The van der Waals surface area contributed by atoms with Gasteiger partial charge < -0.3 is 14.5 Å². The molecular weight excluding hydrogens is 404 g/mol. The van der Waals surface area contributed by atoms with Crippen molar-refractivity contribution in [3.8, 4) is 5.75 Å². The molecule has 0 radical (unpaired) electrons. The molecule has 0 saturated carbocycles. The van der Waals surface area contributed by atoms with Crippen molar-refractivity contribution in [1.29, 1.82) is 0 Å². The highest BCUT2D eigenvalue weighted by Crippen LogP contribution is 2.20. The highest BCUT2D eigenvalue weighted by molar-refractivity contribution is 6.30. The van der Waals surface area contributed by atoms with Gasteiger partial charge in [-0.05, 0) is 37.6 Å². The van der Waals surface area contributed by atoms with E-state index >= 15 is 0 Å². The summed E-state index contributed by atoms with van der Waals surface area (Å²) in [6, 6.07) is 9.13. The van der Waals surface area contributed by atoms with E-state index in [9.17, 15) is 4.79 Å². The Labute approximate surface area is 180 Å². The number of nitrogens with zero attached hydrogens (tertiary/aromatic N) is 6. The van der Waals surface area contributed by atoms with Crippen LogP contribution < -0.4 is 9.64 Å². The van der Waals surface area contributed by atoms with Crippen LogP contribution in [0.5, 0.6) is 5.75 Å². The van der Waals surface area contributed by atoms with Gasteiger partial charge in [0.1, 0.15) is 17.4 Å². The van der Waals surface area contributed by atoms with E-state index in [1.54, 1.807) is 24.3 Å². The second-order valence-corrected chi connectivity index (χ2v) is 7.79. The van der Waals surface area contributed by atoms with E-state index in [1.807, 2.05) is 16.2 Å².